The molecule has 0 atom stereocenters. The van der Waals surface area contributed by atoms with Crippen molar-refractivity contribution in [3.05, 3.63) is 65.1 Å². The topological polar surface area (TPSA) is 65.6 Å². The SMILES string of the molecule is COc1cc(N2CCN(C)CC2)ccc1Nc1ncc(Cl)c(NCc2ccc(F)cc2)n1. The first-order valence-electron chi connectivity index (χ1n) is 10.4. The summed E-state index contributed by atoms with van der Waals surface area (Å²) < 4.78 is 18.7. The van der Waals surface area contributed by atoms with Crippen LogP contribution in [0.2, 0.25) is 5.02 Å². The van der Waals surface area contributed by atoms with Crippen LogP contribution >= 0.6 is 11.6 Å². The van der Waals surface area contributed by atoms with Crippen molar-refractivity contribution in [2.45, 2.75) is 6.54 Å². The molecular weight excluding hydrogens is 431 g/mol. The highest BCUT2D eigenvalue weighted by Gasteiger charge is 2.16. The number of piperazine rings is 1. The van der Waals surface area contributed by atoms with Crippen molar-refractivity contribution in [2.24, 2.45) is 0 Å². The molecule has 7 nitrogen and oxygen atoms in total. The van der Waals surface area contributed by atoms with E-state index in [2.05, 4.69) is 43.5 Å². The minimum atomic E-state index is -0.270. The fourth-order valence-electron chi connectivity index (χ4n) is 3.50. The summed E-state index contributed by atoms with van der Waals surface area (Å²) in [5.74, 6) is 1.32. The molecule has 0 unspecified atom stereocenters. The standard InChI is InChI=1S/C23H26ClFN6O/c1-30-9-11-31(12-10-30)18-7-8-20(21(13-18)32-2)28-23-27-15-19(24)22(29-23)26-14-16-3-5-17(25)6-4-16/h3-8,13,15H,9-12,14H2,1-2H3,(H2,26,27,28,29). The van der Waals surface area contributed by atoms with E-state index < -0.39 is 0 Å². The molecule has 0 bridgehead atoms. The van der Waals surface area contributed by atoms with Crippen LogP contribution in [-0.2, 0) is 6.54 Å². The molecular formula is C23H26ClFN6O. The molecule has 0 saturated carbocycles. The van der Waals surface area contributed by atoms with Crippen LogP contribution in [-0.4, -0.2) is 55.2 Å². The van der Waals surface area contributed by atoms with Crippen molar-refractivity contribution in [1.82, 2.24) is 14.9 Å². The third kappa shape index (κ3) is 5.38. The molecule has 1 saturated heterocycles. The Balaban J connectivity index is 1.47. The summed E-state index contributed by atoms with van der Waals surface area (Å²) in [5, 5.41) is 6.78. The van der Waals surface area contributed by atoms with E-state index in [-0.39, 0.29) is 5.82 Å². The zero-order valence-electron chi connectivity index (χ0n) is 18.1. The third-order valence-corrected chi connectivity index (χ3v) is 5.69. The highest BCUT2D eigenvalue weighted by Crippen LogP contribution is 2.32. The van der Waals surface area contributed by atoms with Crippen molar-refractivity contribution in [2.75, 3.05) is 55.9 Å². The summed E-state index contributed by atoms with van der Waals surface area (Å²) >= 11 is 6.26. The van der Waals surface area contributed by atoms with Gasteiger partial charge in [0.25, 0.3) is 0 Å². The second-order valence-electron chi connectivity index (χ2n) is 7.67. The molecule has 2 aromatic carbocycles. The van der Waals surface area contributed by atoms with Gasteiger partial charge in [0.2, 0.25) is 5.95 Å². The normalized spacial score (nSPS) is 14.3. The Morgan fingerprint density at radius 3 is 2.56 bits per heavy atom. The van der Waals surface area contributed by atoms with Crippen molar-refractivity contribution in [3.63, 3.8) is 0 Å². The average molecular weight is 457 g/mol. The van der Waals surface area contributed by atoms with E-state index in [0.29, 0.717) is 29.1 Å². The van der Waals surface area contributed by atoms with Crippen LogP contribution < -0.4 is 20.3 Å². The van der Waals surface area contributed by atoms with E-state index in [9.17, 15) is 4.39 Å². The zero-order chi connectivity index (χ0) is 22.5. The van der Waals surface area contributed by atoms with Crippen LogP contribution in [0.1, 0.15) is 5.56 Å². The number of likely N-dealkylation sites (N-methyl/N-ethyl adjacent to an activating group) is 1. The van der Waals surface area contributed by atoms with Gasteiger partial charge in [0.1, 0.15) is 16.6 Å². The Kier molecular flexibility index (Phi) is 6.92. The molecule has 1 aliphatic heterocycles. The van der Waals surface area contributed by atoms with Crippen LogP contribution in [0.3, 0.4) is 0 Å². The Bertz CT molecular complexity index is 1060. The fourth-order valence-corrected chi connectivity index (χ4v) is 3.66. The maximum atomic E-state index is 13.1. The number of hydrogen-bond donors (Lipinski definition) is 2. The van der Waals surface area contributed by atoms with Gasteiger partial charge in [-0.1, -0.05) is 23.7 Å². The highest BCUT2D eigenvalue weighted by atomic mass is 35.5. The van der Waals surface area contributed by atoms with Crippen molar-refractivity contribution in [1.29, 1.82) is 0 Å². The summed E-state index contributed by atoms with van der Waals surface area (Å²) in [6, 6.07) is 12.3. The van der Waals surface area contributed by atoms with Crippen LogP contribution in [0.25, 0.3) is 0 Å². The molecule has 1 fully saturated rings. The highest BCUT2D eigenvalue weighted by molar-refractivity contribution is 6.32. The van der Waals surface area contributed by atoms with Gasteiger partial charge in [-0.05, 0) is 36.9 Å². The lowest BCUT2D eigenvalue weighted by Gasteiger charge is -2.34. The number of nitrogens with zero attached hydrogens (tertiary/aromatic N) is 4. The van der Waals surface area contributed by atoms with E-state index in [4.69, 9.17) is 16.3 Å². The van der Waals surface area contributed by atoms with Gasteiger partial charge in [-0.15, -0.1) is 0 Å². The number of methoxy groups -OCH3 is 1. The number of anilines is 4. The lowest BCUT2D eigenvalue weighted by molar-refractivity contribution is 0.312. The van der Waals surface area contributed by atoms with E-state index in [1.54, 1.807) is 19.2 Å². The largest absolute Gasteiger partial charge is 0.494 e. The molecule has 0 amide bonds. The number of aromatic nitrogens is 2. The molecule has 1 aromatic heterocycles. The van der Waals surface area contributed by atoms with E-state index in [0.717, 1.165) is 43.1 Å². The molecule has 9 heteroatoms. The van der Waals surface area contributed by atoms with Crippen molar-refractivity contribution in [3.8, 4) is 5.75 Å². The first-order valence-corrected chi connectivity index (χ1v) is 10.8. The molecule has 0 aliphatic carbocycles. The van der Waals surface area contributed by atoms with E-state index in [1.807, 2.05) is 12.1 Å². The second kappa shape index (κ2) is 10.0. The molecule has 1 aliphatic rings. The molecule has 3 aromatic rings. The van der Waals surface area contributed by atoms with Crippen molar-refractivity contribution < 1.29 is 9.13 Å². The van der Waals surface area contributed by atoms with Crippen LogP contribution in [0.5, 0.6) is 5.75 Å². The minimum absolute atomic E-state index is 0.270. The van der Waals surface area contributed by atoms with Gasteiger partial charge in [0.15, 0.2) is 5.82 Å². The van der Waals surface area contributed by atoms with Crippen LogP contribution in [0.15, 0.2) is 48.7 Å². The van der Waals surface area contributed by atoms with E-state index >= 15 is 0 Å². The number of benzene rings is 2. The maximum Gasteiger partial charge on any atom is 0.229 e. The minimum Gasteiger partial charge on any atom is -0.494 e. The molecule has 168 valence electrons. The summed E-state index contributed by atoms with van der Waals surface area (Å²) in [6.45, 7) is 4.49. The van der Waals surface area contributed by atoms with Crippen LogP contribution in [0.4, 0.5) is 27.5 Å². The van der Waals surface area contributed by atoms with Gasteiger partial charge in [-0.25, -0.2) is 9.37 Å². The Morgan fingerprint density at radius 2 is 1.84 bits per heavy atom. The summed E-state index contributed by atoms with van der Waals surface area (Å²) in [5.41, 5.74) is 2.80. The molecule has 2 heterocycles. The van der Waals surface area contributed by atoms with E-state index in [1.165, 1.54) is 18.3 Å². The maximum absolute atomic E-state index is 13.1. The van der Waals surface area contributed by atoms with Gasteiger partial charge in [0.05, 0.1) is 19.0 Å². The summed E-state index contributed by atoms with van der Waals surface area (Å²) in [6.07, 6.45) is 1.54. The first kappa shape index (κ1) is 22.1. The second-order valence-corrected chi connectivity index (χ2v) is 8.08. The number of ether oxygens (including phenoxy) is 1. The first-order chi connectivity index (χ1) is 15.5. The van der Waals surface area contributed by atoms with Gasteiger partial charge in [0, 0.05) is 44.5 Å². The monoisotopic (exact) mass is 456 g/mol. The molecule has 0 spiro atoms. The van der Waals surface area contributed by atoms with Crippen LogP contribution in [0, 0.1) is 5.82 Å². The fraction of sp³-hybridized carbons (Fsp3) is 0.304. The number of rotatable bonds is 7. The molecule has 32 heavy (non-hydrogen) atoms. The van der Waals surface area contributed by atoms with Gasteiger partial charge < -0.3 is 25.2 Å². The van der Waals surface area contributed by atoms with Gasteiger partial charge in [-0.2, -0.15) is 4.98 Å². The predicted octanol–water partition coefficient (Wildman–Crippen LogP) is 4.39. The average Bonchev–Trinajstić information content (AvgIpc) is 2.81. The number of nitrogens with one attached hydrogen (secondary N) is 2. The smallest absolute Gasteiger partial charge is 0.229 e. The Labute approximate surface area is 192 Å². The summed E-state index contributed by atoms with van der Waals surface area (Å²) in [7, 11) is 3.78. The molecule has 4 rings (SSSR count). The Hall–Kier alpha value is -3.10. The molecule has 0 radical (unpaired) electrons. The lowest BCUT2D eigenvalue weighted by Crippen LogP contribution is -2.44. The quantitative estimate of drug-likeness (QED) is 0.546. The lowest BCUT2D eigenvalue weighted by atomic mass is 10.2. The third-order valence-electron chi connectivity index (χ3n) is 5.42. The Morgan fingerprint density at radius 1 is 1.09 bits per heavy atom. The summed E-state index contributed by atoms with van der Waals surface area (Å²) in [4.78, 5) is 13.4. The number of halogens is 2. The van der Waals surface area contributed by atoms with Gasteiger partial charge >= 0.3 is 0 Å². The zero-order valence-corrected chi connectivity index (χ0v) is 18.9. The predicted molar refractivity (Wildman–Crippen MR) is 127 cm³/mol. The van der Waals surface area contributed by atoms with Crippen molar-refractivity contribution >= 4 is 34.7 Å². The molecule has 2 N–H and O–H groups in total. The van der Waals surface area contributed by atoms with Gasteiger partial charge in [-0.3, -0.25) is 0 Å². The number of hydrogen-bond acceptors (Lipinski definition) is 7.